The fourth-order valence-electron chi connectivity index (χ4n) is 2.51. The molecule has 0 radical (unpaired) electrons. The van der Waals surface area contributed by atoms with Crippen LogP contribution in [0.2, 0.25) is 0 Å². The van der Waals surface area contributed by atoms with Gasteiger partial charge in [-0.25, -0.2) is 0 Å². The zero-order valence-electron chi connectivity index (χ0n) is 15.0. The number of benzene rings is 1. The number of amides is 1. The van der Waals surface area contributed by atoms with Gasteiger partial charge in [-0.05, 0) is 38.1 Å². The van der Waals surface area contributed by atoms with Crippen LogP contribution in [-0.4, -0.2) is 45.6 Å². The van der Waals surface area contributed by atoms with Crippen molar-refractivity contribution >= 4 is 23.1 Å². The highest BCUT2D eigenvalue weighted by atomic mass is 19.4. The molecule has 0 fully saturated rings. The number of nitrogens with zero attached hydrogens (tertiary/aromatic N) is 2. The SMILES string of the molecule is CC1=NN(C(=O)c2ccc(N/C(C)=C/C(=O)C(F)(F)F)cc2)C(O)(C(F)(F)F)C1. The van der Waals surface area contributed by atoms with E-state index >= 15 is 0 Å². The Hall–Kier alpha value is -2.89. The number of carbonyl (C=O) groups is 2. The van der Waals surface area contributed by atoms with Crippen LogP contribution in [-0.2, 0) is 4.79 Å². The Labute approximate surface area is 160 Å². The third kappa shape index (κ3) is 4.75. The van der Waals surface area contributed by atoms with Crippen molar-refractivity contribution in [1.82, 2.24) is 5.01 Å². The second-order valence-corrected chi connectivity index (χ2v) is 6.34. The lowest BCUT2D eigenvalue weighted by atomic mass is 10.1. The van der Waals surface area contributed by atoms with Crippen LogP contribution < -0.4 is 5.32 Å². The highest BCUT2D eigenvalue weighted by molar-refractivity contribution is 5.98. The molecule has 6 nitrogen and oxygen atoms in total. The summed E-state index contributed by atoms with van der Waals surface area (Å²) in [5.74, 6) is -3.28. The minimum atomic E-state index is -5.14. The average molecular weight is 423 g/mol. The minimum absolute atomic E-state index is 0.0437. The molecule has 12 heteroatoms. The summed E-state index contributed by atoms with van der Waals surface area (Å²) in [6.45, 7) is 2.43. The first-order valence-corrected chi connectivity index (χ1v) is 7.99. The van der Waals surface area contributed by atoms with E-state index in [9.17, 15) is 41.0 Å². The Kier molecular flexibility index (Phi) is 5.79. The molecule has 2 N–H and O–H groups in total. The molecule has 1 aromatic carbocycles. The largest absolute Gasteiger partial charge is 0.454 e. The van der Waals surface area contributed by atoms with E-state index in [1.807, 2.05) is 0 Å². The zero-order chi connectivity index (χ0) is 22.2. The van der Waals surface area contributed by atoms with Crippen LogP contribution in [0.4, 0.5) is 32.0 Å². The maximum Gasteiger partial charge on any atom is 0.454 e. The predicted octanol–water partition coefficient (Wildman–Crippen LogP) is 3.61. The van der Waals surface area contributed by atoms with Gasteiger partial charge in [0, 0.05) is 35.2 Å². The van der Waals surface area contributed by atoms with E-state index in [2.05, 4.69) is 10.4 Å². The number of anilines is 1. The van der Waals surface area contributed by atoms with Crippen molar-refractivity contribution in [3.8, 4) is 0 Å². The molecule has 1 aromatic rings. The summed E-state index contributed by atoms with van der Waals surface area (Å²) in [6, 6.07) is 4.62. The lowest BCUT2D eigenvalue weighted by Crippen LogP contribution is -2.56. The summed E-state index contributed by atoms with van der Waals surface area (Å²) >= 11 is 0. The molecule has 1 amide bonds. The number of hydrogen-bond donors (Lipinski definition) is 2. The van der Waals surface area contributed by atoms with Gasteiger partial charge in [-0.1, -0.05) is 0 Å². The number of carbonyl (C=O) groups excluding carboxylic acids is 2. The van der Waals surface area contributed by atoms with Gasteiger partial charge in [0.25, 0.3) is 17.4 Å². The van der Waals surface area contributed by atoms with Crippen molar-refractivity contribution in [2.75, 3.05) is 5.32 Å². The van der Waals surface area contributed by atoms with E-state index in [0.717, 1.165) is 12.1 Å². The number of hydrogen-bond acceptors (Lipinski definition) is 5. The minimum Gasteiger partial charge on any atom is -0.362 e. The number of ketones is 1. The molecule has 0 aliphatic carbocycles. The van der Waals surface area contributed by atoms with Gasteiger partial charge in [0.1, 0.15) is 0 Å². The van der Waals surface area contributed by atoms with E-state index in [0.29, 0.717) is 6.08 Å². The third-order valence-electron chi connectivity index (χ3n) is 3.87. The number of aliphatic hydroxyl groups is 1. The normalized spacial score (nSPS) is 20.5. The van der Waals surface area contributed by atoms with Crippen LogP contribution in [0.25, 0.3) is 0 Å². The Morgan fingerprint density at radius 2 is 1.72 bits per heavy atom. The first-order chi connectivity index (χ1) is 13.1. The van der Waals surface area contributed by atoms with Crippen LogP contribution in [0.15, 0.2) is 41.1 Å². The first-order valence-electron chi connectivity index (χ1n) is 7.99. The van der Waals surface area contributed by atoms with Crippen molar-refractivity contribution in [2.45, 2.75) is 38.3 Å². The summed E-state index contributed by atoms with van der Waals surface area (Å²) in [5.41, 5.74) is -3.77. The van der Waals surface area contributed by atoms with Crippen molar-refractivity contribution < 1.29 is 41.0 Å². The van der Waals surface area contributed by atoms with Crippen LogP contribution >= 0.6 is 0 Å². The fraction of sp³-hybridized carbons (Fsp3) is 0.353. The maximum absolute atomic E-state index is 13.2. The number of alkyl halides is 6. The lowest BCUT2D eigenvalue weighted by Gasteiger charge is -2.32. The summed E-state index contributed by atoms with van der Waals surface area (Å²) in [4.78, 5) is 23.3. The summed E-state index contributed by atoms with van der Waals surface area (Å²) in [5, 5.41) is 15.9. The Bertz CT molecular complexity index is 874. The number of halogens is 6. The zero-order valence-corrected chi connectivity index (χ0v) is 15.0. The van der Waals surface area contributed by atoms with Crippen molar-refractivity contribution in [3.05, 3.63) is 41.6 Å². The van der Waals surface area contributed by atoms with Crippen LogP contribution in [0.5, 0.6) is 0 Å². The number of nitrogens with one attached hydrogen (secondary N) is 1. The van der Waals surface area contributed by atoms with Gasteiger partial charge in [-0.2, -0.15) is 36.5 Å². The van der Waals surface area contributed by atoms with Crippen LogP contribution in [0.3, 0.4) is 0 Å². The number of rotatable bonds is 4. The molecule has 0 saturated heterocycles. The van der Waals surface area contributed by atoms with E-state index in [1.165, 1.54) is 26.0 Å². The molecule has 1 unspecified atom stereocenters. The molecule has 1 aliphatic heterocycles. The Morgan fingerprint density at radius 3 is 2.21 bits per heavy atom. The monoisotopic (exact) mass is 423 g/mol. The van der Waals surface area contributed by atoms with Gasteiger partial charge in [-0.15, -0.1) is 0 Å². The van der Waals surface area contributed by atoms with Crippen LogP contribution in [0, 0.1) is 0 Å². The molecular formula is C17H15F6N3O3. The second kappa shape index (κ2) is 7.50. The topological polar surface area (TPSA) is 82.0 Å². The highest BCUT2D eigenvalue weighted by Gasteiger charge is 2.62. The van der Waals surface area contributed by atoms with Crippen molar-refractivity contribution in [3.63, 3.8) is 0 Å². The molecule has 0 saturated carbocycles. The molecule has 29 heavy (non-hydrogen) atoms. The summed E-state index contributed by atoms with van der Waals surface area (Å²) < 4.78 is 76.3. The Balaban J connectivity index is 2.19. The highest BCUT2D eigenvalue weighted by Crippen LogP contribution is 2.40. The van der Waals surface area contributed by atoms with Crippen molar-refractivity contribution in [1.29, 1.82) is 0 Å². The molecule has 0 spiro atoms. The number of allylic oxidation sites excluding steroid dienone is 2. The van der Waals surface area contributed by atoms with Crippen LogP contribution in [0.1, 0.15) is 30.6 Å². The molecular weight excluding hydrogens is 408 g/mol. The standard InChI is InChI=1S/C17H15F6N3O3/c1-9(7-13(27)16(18,19)20)24-12-5-3-11(4-6-12)14(28)26-15(29,17(21,22)23)8-10(2)25-26/h3-7,24,29H,8H2,1-2H3/b9-7+. The fourth-order valence-corrected chi connectivity index (χ4v) is 2.51. The molecule has 0 bridgehead atoms. The molecule has 158 valence electrons. The second-order valence-electron chi connectivity index (χ2n) is 6.34. The third-order valence-corrected chi connectivity index (χ3v) is 3.87. The van der Waals surface area contributed by atoms with Crippen molar-refractivity contribution in [2.24, 2.45) is 5.10 Å². The summed E-state index contributed by atoms with van der Waals surface area (Å²) in [6.07, 6.45) is -10.7. The van der Waals surface area contributed by atoms with E-state index in [4.69, 9.17) is 0 Å². The van der Waals surface area contributed by atoms with Gasteiger partial charge in [0.15, 0.2) is 0 Å². The molecule has 1 atom stereocenters. The Morgan fingerprint density at radius 1 is 1.17 bits per heavy atom. The predicted molar refractivity (Wildman–Crippen MR) is 89.8 cm³/mol. The number of hydrazone groups is 1. The molecule has 0 aromatic heterocycles. The maximum atomic E-state index is 13.2. The van der Waals surface area contributed by atoms with E-state index in [1.54, 1.807) is 0 Å². The average Bonchev–Trinajstić information content (AvgIpc) is 2.89. The smallest absolute Gasteiger partial charge is 0.362 e. The lowest BCUT2D eigenvalue weighted by molar-refractivity contribution is -0.297. The first kappa shape index (κ1) is 22.4. The summed E-state index contributed by atoms with van der Waals surface area (Å²) in [7, 11) is 0. The molecule has 1 heterocycles. The molecule has 1 aliphatic rings. The molecule has 2 rings (SSSR count). The van der Waals surface area contributed by atoms with Gasteiger partial charge < -0.3 is 10.4 Å². The van der Waals surface area contributed by atoms with Gasteiger partial charge in [0.05, 0.1) is 0 Å². The van der Waals surface area contributed by atoms with E-state index < -0.39 is 36.2 Å². The van der Waals surface area contributed by atoms with Gasteiger partial charge in [-0.3, -0.25) is 9.59 Å². The van der Waals surface area contributed by atoms with E-state index in [-0.39, 0.29) is 27.7 Å². The quantitative estimate of drug-likeness (QED) is 0.573. The van der Waals surface area contributed by atoms with Gasteiger partial charge in [0.2, 0.25) is 0 Å². The van der Waals surface area contributed by atoms with Gasteiger partial charge >= 0.3 is 12.4 Å².